The van der Waals surface area contributed by atoms with Crippen LogP contribution in [0.3, 0.4) is 0 Å². The summed E-state index contributed by atoms with van der Waals surface area (Å²) in [4.78, 5) is 15.2. The van der Waals surface area contributed by atoms with Crippen LogP contribution in [0.2, 0.25) is 0 Å². The minimum Gasteiger partial charge on any atom is -0.456 e. The standard InChI is InChI=1S/C57H35N3O2/c1-4-14-36(15-5-1)43-32-30-41(34-47(43)37-16-6-2-7-17-37)42-31-33-50-48(35-42)53-44(21-12-24-51(53)62-50)38-26-28-40(29-27-38)56-58-55(39-18-8-3-9-19-39)59-57(60-56)46-22-13-25-52-54(46)45-20-10-11-23-49(45)61-52/h1-35H. The second-order valence-corrected chi connectivity index (χ2v) is 15.5. The van der Waals surface area contributed by atoms with Crippen LogP contribution in [0.5, 0.6) is 0 Å². The van der Waals surface area contributed by atoms with Gasteiger partial charge in [0.25, 0.3) is 0 Å². The highest BCUT2D eigenvalue weighted by molar-refractivity contribution is 6.14. The van der Waals surface area contributed by atoms with E-state index in [1.54, 1.807) is 0 Å². The Morgan fingerprint density at radius 2 is 0.694 bits per heavy atom. The zero-order chi connectivity index (χ0) is 41.0. The number of nitrogens with zero attached hydrogens (tertiary/aromatic N) is 3. The molecule has 0 N–H and O–H groups in total. The maximum absolute atomic E-state index is 6.50. The zero-order valence-electron chi connectivity index (χ0n) is 33.4. The first kappa shape index (κ1) is 35.5. The van der Waals surface area contributed by atoms with E-state index in [0.29, 0.717) is 17.5 Å². The summed E-state index contributed by atoms with van der Waals surface area (Å²) in [6.45, 7) is 0. The first-order valence-corrected chi connectivity index (χ1v) is 20.8. The van der Waals surface area contributed by atoms with Crippen LogP contribution in [0.4, 0.5) is 0 Å². The van der Waals surface area contributed by atoms with E-state index in [9.17, 15) is 0 Å². The molecule has 0 spiro atoms. The van der Waals surface area contributed by atoms with Gasteiger partial charge in [0.1, 0.15) is 22.3 Å². The Morgan fingerprint density at radius 1 is 0.242 bits per heavy atom. The van der Waals surface area contributed by atoms with E-state index in [2.05, 4.69) is 152 Å². The molecule has 0 saturated carbocycles. The minimum atomic E-state index is 0.589. The van der Waals surface area contributed by atoms with Crippen molar-refractivity contribution in [2.45, 2.75) is 0 Å². The van der Waals surface area contributed by atoms with Crippen molar-refractivity contribution in [2.75, 3.05) is 0 Å². The van der Waals surface area contributed by atoms with Gasteiger partial charge in [0.05, 0.1) is 0 Å². The third kappa shape index (κ3) is 6.14. The number of rotatable bonds is 7. The summed E-state index contributed by atoms with van der Waals surface area (Å²) in [6.07, 6.45) is 0. The fourth-order valence-corrected chi connectivity index (χ4v) is 8.80. The van der Waals surface area contributed by atoms with Crippen molar-refractivity contribution < 1.29 is 8.83 Å². The lowest BCUT2D eigenvalue weighted by Crippen LogP contribution is -2.00. The Balaban J connectivity index is 0.955. The normalized spacial score (nSPS) is 11.5. The van der Waals surface area contributed by atoms with Gasteiger partial charge in [-0.25, -0.2) is 15.0 Å². The molecule has 5 heteroatoms. The van der Waals surface area contributed by atoms with Gasteiger partial charge in [0.2, 0.25) is 0 Å². The van der Waals surface area contributed by atoms with Crippen LogP contribution >= 0.6 is 0 Å². The molecular weight excluding hydrogens is 759 g/mol. The molecule has 0 unspecified atom stereocenters. The van der Waals surface area contributed by atoms with E-state index >= 15 is 0 Å². The van der Waals surface area contributed by atoms with Crippen LogP contribution in [0.15, 0.2) is 221 Å². The summed E-state index contributed by atoms with van der Waals surface area (Å²) in [7, 11) is 0. The maximum Gasteiger partial charge on any atom is 0.164 e. The van der Waals surface area contributed by atoms with Crippen molar-refractivity contribution in [3.63, 3.8) is 0 Å². The van der Waals surface area contributed by atoms with Gasteiger partial charge in [-0.1, -0.05) is 176 Å². The highest BCUT2D eigenvalue weighted by Gasteiger charge is 2.19. The second-order valence-electron chi connectivity index (χ2n) is 15.5. The van der Waals surface area contributed by atoms with Crippen molar-refractivity contribution in [3.8, 4) is 78.7 Å². The van der Waals surface area contributed by atoms with Crippen LogP contribution in [0.25, 0.3) is 123 Å². The number of hydrogen-bond donors (Lipinski definition) is 0. The van der Waals surface area contributed by atoms with Gasteiger partial charge in [0.15, 0.2) is 17.5 Å². The van der Waals surface area contributed by atoms with E-state index in [1.165, 1.54) is 22.3 Å². The number of aromatic nitrogens is 3. The predicted molar refractivity (Wildman–Crippen MR) is 252 cm³/mol. The average Bonchev–Trinajstić information content (AvgIpc) is 3.93. The Kier molecular flexibility index (Phi) is 8.42. The third-order valence-corrected chi connectivity index (χ3v) is 11.8. The van der Waals surface area contributed by atoms with Gasteiger partial charge in [-0.3, -0.25) is 0 Å². The molecule has 0 aliphatic heterocycles. The van der Waals surface area contributed by atoms with Crippen molar-refractivity contribution in [2.24, 2.45) is 0 Å². The second kappa shape index (κ2) is 14.7. The summed E-state index contributed by atoms with van der Waals surface area (Å²) in [5, 5.41) is 4.16. The quantitative estimate of drug-likeness (QED) is 0.161. The van der Waals surface area contributed by atoms with E-state index in [4.69, 9.17) is 23.8 Å². The Hall–Kier alpha value is -8.41. The average molecular weight is 794 g/mol. The minimum absolute atomic E-state index is 0.589. The van der Waals surface area contributed by atoms with Gasteiger partial charge < -0.3 is 8.83 Å². The van der Waals surface area contributed by atoms with Gasteiger partial charge in [-0.15, -0.1) is 0 Å². The number of para-hydroxylation sites is 1. The third-order valence-electron chi connectivity index (χ3n) is 11.8. The van der Waals surface area contributed by atoms with Gasteiger partial charge in [0, 0.05) is 38.2 Å². The van der Waals surface area contributed by atoms with Crippen molar-refractivity contribution in [3.05, 3.63) is 212 Å². The zero-order valence-corrected chi connectivity index (χ0v) is 33.4. The molecule has 0 aliphatic carbocycles. The largest absolute Gasteiger partial charge is 0.456 e. The number of furan rings is 2. The molecule has 62 heavy (non-hydrogen) atoms. The molecule has 0 saturated heterocycles. The van der Waals surface area contributed by atoms with Gasteiger partial charge >= 0.3 is 0 Å². The molecule has 0 bridgehead atoms. The van der Waals surface area contributed by atoms with Crippen molar-refractivity contribution in [1.29, 1.82) is 0 Å². The Labute approximate surface area is 357 Å². The van der Waals surface area contributed by atoms with E-state index in [0.717, 1.165) is 82.8 Å². The number of fused-ring (bicyclic) bond motifs is 6. The number of benzene rings is 9. The molecule has 0 aliphatic rings. The highest BCUT2D eigenvalue weighted by atomic mass is 16.3. The van der Waals surface area contributed by atoms with Crippen molar-refractivity contribution >= 4 is 43.9 Å². The summed E-state index contributed by atoms with van der Waals surface area (Å²) in [5.41, 5.74) is 15.2. The maximum atomic E-state index is 6.50. The molecule has 3 aromatic heterocycles. The summed E-state index contributed by atoms with van der Waals surface area (Å²) >= 11 is 0. The summed E-state index contributed by atoms with van der Waals surface area (Å²) < 4.78 is 12.7. The highest BCUT2D eigenvalue weighted by Crippen LogP contribution is 2.42. The van der Waals surface area contributed by atoms with E-state index < -0.39 is 0 Å². The topological polar surface area (TPSA) is 65.0 Å². The Morgan fingerprint density at radius 3 is 1.39 bits per heavy atom. The molecule has 0 atom stereocenters. The van der Waals surface area contributed by atoms with Crippen molar-refractivity contribution in [1.82, 2.24) is 15.0 Å². The lowest BCUT2D eigenvalue weighted by molar-refractivity contribution is 0.668. The fraction of sp³-hybridized carbons (Fsp3) is 0. The molecule has 5 nitrogen and oxygen atoms in total. The van der Waals surface area contributed by atoms with Gasteiger partial charge in [-0.05, 0) is 80.9 Å². The first-order valence-electron chi connectivity index (χ1n) is 20.8. The molecule has 3 heterocycles. The predicted octanol–water partition coefficient (Wildman–Crippen LogP) is 15.3. The lowest BCUT2D eigenvalue weighted by Gasteiger charge is -2.13. The van der Waals surface area contributed by atoms with Crippen LogP contribution in [-0.4, -0.2) is 15.0 Å². The number of hydrogen-bond acceptors (Lipinski definition) is 5. The van der Waals surface area contributed by atoms with Gasteiger partial charge in [-0.2, -0.15) is 0 Å². The van der Waals surface area contributed by atoms with E-state index in [-0.39, 0.29) is 0 Å². The molecule has 12 aromatic rings. The van der Waals surface area contributed by atoms with E-state index in [1.807, 2.05) is 60.7 Å². The molecular formula is C57H35N3O2. The molecule has 9 aromatic carbocycles. The SMILES string of the molecule is c1ccc(-c2nc(-c3ccc(-c4cccc5oc6ccc(-c7ccc(-c8ccccc8)c(-c8ccccc8)c7)cc6c45)cc3)nc(-c3cccc4oc5ccccc5c34)n2)cc1. The Bertz CT molecular complexity index is 3610. The molecule has 290 valence electrons. The van der Waals surface area contributed by atoms with Crippen LogP contribution in [0, 0.1) is 0 Å². The summed E-state index contributed by atoms with van der Waals surface area (Å²) in [6, 6.07) is 73.5. The van der Waals surface area contributed by atoms with Crippen LogP contribution < -0.4 is 0 Å². The lowest BCUT2D eigenvalue weighted by atomic mass is 9.90. The van der Waals surface area contributed by atoms with Crippen LogP contribution in [-0.2, 0) is 0 Å². The van der Waals surface area contributed by atoms with Crippen LogP contribution in [0.1, 0.15) is 0 Å². The fourth-order valence-electron chi connectivity index (χ4n) is 8.80. The first-order chi connectivity index (χ1) is 30.7. The summed E-state index contributed by atoms with van der Waals surface area (Å²) in [5.74, 6) is 1.79. The molecule has 12 rings (SSSR count). The molecule has 0 fully saturated rings. The smallest absolute Gasteiger partial charge is 0.164 e. The monoisotopic (exact) mass is 793 g/mol. The molecule has 0 radical (unpaired) electrons. The molecule has 0 amide bonds.